The molecule has 1 heterocycles. The average Bonchev–Trinajstić information content (AvgIpc) is 2.85. The van der Waals surface area contributed by atoms with E-state index in [-0.39, 0.29) is 6.03 Å². The normalized spacial score (nSPS) is 15.9. The van der Waals surface area contributed by atoms with E-state index in [1.165, 1.54) is 24.6 Å². The van der Waals surface area contributed by atoms with Crippen molar-refractivity contribution in [2.75, 3.05) is 6.54 Å². The van der Waals surface area contributed by atoms with Gasteiger partial charge in [0.05, 0.1) is 11.2 Å². The van der Waals surface area contributed by atoms with Crippen LogP contribution in [0.3, 0.4) is 0 Å². The Morgan fingerprint density at radius 2 is 2.05 bits per heavy atom. The molecule has 1 aliphatic carbocycles. The fraction of sp³-hybridized carbons (Fsp3) is 0.529. The number of para-hydroxylation sites is 1. The summed E-state index contributed by atoms with van der Waals surface area (Å²) < 4.78 is 1.90. The molecule has 2 amide bonds. The fourth-order valence-corrected chi connectivity index (χ4v) is 3.25. The summed E-state index contributed by atoms with van der Waals surface area (Å²) >= 11 is 0. The van der Waals surface area contributed by atoms with Crippen molar-refractivity contribution in [3.05, 3.63) is 30.0 Å². The molecule has 5 heteroatoms. The molecule has 3 rings (SSSR count). The maximum absolute atomic E-state index is 11.9. The second kappa shape index (κ2) is 6.81. The Hall–Kier alpha value is -2.04. The number of hydrogen-bond donors (Lipinski definition) is 2. The first-order chi connectivity index (χ1) is 10.7. The second-order valence-electron chi connectivity index (χ2n) is 6.07. The number of fused-ring (bicyclic) bond motifs is 1. The van der Waals surface area contributed by atoms with Crippen LogP contribution < -0.4 is 10.6 Å². The monoisotopic (exact) mass is 300 g/mol. The number of aromatic nitrogens is 2. The Bertz CT molecular complexity index is 643. The molecule has 1 saturated carbocycles. The van der Waals surface area contributed by atoms with E-state index in [0.29, 0.717) is 12.6 Å². The molecule has 5 nitrogen and oxygen atoms in total. The van der Waals surface area contributed by atoms with Crippen LogP contribution in [0.25, 0.3) is 10.9 Å². The molecule has 1 aromatic heterocycles. The van der Waals surface area contributed by atoms with E-state index in [9.17, 15) is 4.79 Å². The minimum atomic E-state index is -0.0489. The lowest BCUT2D eigenvalue weighted by atomic mass is 9.96. The first kappa shape index (κ1) is 14.9. The predicted octanol–water partition coefficient (Wildman–Crippen LogP) is 2.75. The number of hydrogen-bond acceptors (Lipinski definition) is 2. The van der Waals surface area contributed by atoms with E-state index >= 15 is 0 Å². The van der Waals surface area contributed by atoms with Crippen LogP contribution in [-0.4, -0.2) is 28.4 Å². The number of aryl methyl sites for hydroxylation is 1. The third-order valence-corrected chi connectivity index (χ3v) is 4.42. The van der Waals surface area contributed by atoms with Gasteiger partial charge in [0.25, 0.3) is 0 Å². The van der Waals surface area contributed by atoms with Crippen LogP contribution in [0, 0.1) is 0 Å². The maximum atomic E-state index is 11.9. The van der Waals surface area contributed by atoms with Gasteiger partial charge in [0.1, 0.15) is 0 Å². The van der Waals surface area contributed by atoms with Gasteiger partial charge in [-0.15, -0.1) is 0 Å². The van der Waals surface area contributed by atoms with E-state index in [1.54, 1.807) is 0 Å². The van der Waals surface area contributed by atoms with Crippen molar-refractivity contribution >= 4 is 16.9 Å². The highest BCUT2D eigenvalue weighted by molar-refractivity contribution is 5.82. The second-order valence-corrected chi connectivity index (χ2v) is 6.07. The van der Waals surface area contributed by atoms with Crippen LogP contribution in [0.4, 0.5) is 4.79 Å². The molecule has 0 bridgehead atoms. The maximum Gasteiger partial charge on any atom is 0.315 e. The molecule has 118 valence electrons. The number of rotatable bonds is 4. The smallest absolute Gasteiger partial charge is 0.315 e. The highest BCUT2D eigenvalue weighted by Crippen LogP contribution is 2.18. The van der Waals surface area contributed by atoms with E-state index < -0.39 is 0 Å². The number of nitrogens with zero attached hydrogens (tertiary/aromatic N) is 2. The van der Waals surface area contributed by atoms with Crippen LogP contribution in [0.2, 0.25) is 0 Å². The van der Waals surface area contributed by atoms with Gasteiger partial charge in [-0.1, -0.05) is 37.5 Å². The highest BCUT2D eigenvalue weighted by atomic mass is 16.2. The number of nitrogens with one attached hydrogen (secondary N) is 2. The van der Waals surface area contributed by atoms with E-state index in [0.717, 1.165) is 30.5 Å². The summed E-state index contributed by atoms with van der Waals surface area (Å²) in [4.78, 5) is 11.9. The number of benzene rings is 1. The summed E-state index contributed by atoms with van der Waals surface area (Å²) in [6, 6.07) is 8.49. The molecule has 1 aliphatic rings. The molecule has 2 aromatic rings. The zero-order valence-corrected chi connectivity index (χ0v) is 13.1. The Morgan fingerprint density at radius 3 is 2.86 bits per heavy atom. The summed E-state index contributed by atoms with van der Waals surface area (Å²) in [6.07, 6.45) is 6.72. The number of amides is 2. The lowest BCUT2D eigenvalue weighted by Gasteiger charge is -2.22. The molecule has 0 saturated heterocycles. The topological polar surface area (TPSA) is 59.0 Å². The van der Waals surface area contributed by atoms with Gasteiger partial charge in [0.15, 0.2) is 0 Å². The van der Waals surface area contributed by atoms with Gasteiger partial charge in [0.2, 0.25) is 0 Å². The molecule has 1 fully saturated rings. The number of urea groups is 1. The quantitative estimate of drug-likeness (QED) is 0.912. The largest absolute Gasteiger partial charge is 0.338 e. The molecule has 2 N–H and O–H groups in total. The Morgan fingerprint density at radius 1 is 1.27 bits per heavy atom. The van der Waals surface area contributed by atoms with E-state index in [4.69, 9.17) is 0 Å². The standard InChI is InChI=1S/C17H24N4O/c1-21-16-10-6-5-9-14(16)15(20-21)11-12-18-17(22)19-13-7-3-2-4-8-13/h5-6,9-10,13H,2-4,7-8,11-12H2,1H3,(H2,18,19,22). The average molecular weight is 300 g/mol. The minimum absolute atomic E-state index is 0.0489. The number of carbonyl (C=O) groups is 1. The Labute approximate surface area is 131 Å². The zero-order chi connectivity index (χ0) is 15.4. The zero-order valence-electron chi connectivity index (χ0n) is 13.1. The predicted molar refractivity (Wildman–Crippen MR) is 87.8 cm³/mol. The van der Waals surface area contributed by atoms with Crippen molar-refractivity contribution in [2.45, 2.75) is 44.6 Å². The SMILES string of the molecule is Cn1nc(CCNC(=O)NC2CCCCC2)c2ccccc21. The van der Waals surface area contributed by atoms with Crippen molar-refractivity contribution in [2.24, 2.45) is 7.05 Å². The summed E-state index contributed by atoms with van der Waals surface area (Å²) in [5.74, 6) is 0. The molecule has 0 spiro atoms. The number of carbonyl (C=O) groups excluding carboxylic acids is 1. The summed E-state index contributed by atoms with van der Waals surface area (Å²) in [6.45, 7) is 0.611. The van der Waals surface area contributed by atoms with Crippen LogP contribution in [-0.2, 0) is 13.5 Å². The van der Waals surface area contributed by atoms with Gasteiger partial charge in [-0.25, -0.2) is 4.79 Å². The Balaban J connectivity index is 1.50. The molecule has 0 aliphatic heterocycles. The van der Waals surface area contributed by atoms with E-state index in [2.05, 4.69) is 27.9 Å². The molecule has 1 aromatic carbocycles. The third kappa shape index (κ3) is 3.40. The molecule has 22 heavy (non-hydrogen) atoms. The van der Waals surface area contributed by atoms with Gasteiger partial charge < -0.3 is 10.6 Å². The lowest BCUT2D eigenvalue weighted by Crippen LogP contribution is -2.43. The van der Waals surface area contributed by atoms with Crippen LogP contribution >= 0.6 is 0 Å². The Kier molecular flexibility index (Phi) is 4.61. The first-order valence-corrected chi connectivity index (χ1v) is 8.19. The van der Waals surface area contributed by atoms with Crippen molar-refractivity contribution in [3.8, 4) is 0 Å². The highest BCUT2D eigenvalue weighted by Gasteiger charge is 2.15. The van der Waals surface area contributed by atoms with Crippen molar-refractivity contribution in [1.82, 2.24) is 20.4 Å². The summed E-state index contributed by atoms with van der Waals surface area (Å²) in [5, 5.41) is 11.7. The molecule has 0 atom stereocenters. The molecular weight excluding hydrogens is 276 g/mol. The van der Waals surface area contributed by atoms with Gasteiger partial charge in [-0.05, 0) is 18.9 Å². The van der Waals surface area contributed by atoms with Crippen molar-refractivity contribution in [1.29, 1.82) is 0 Å². The fourth-order valence-electron chi connectivity index (χ4n) is 3.25. The van der Waals surface area contributed by atoms with E-state index in [1.807, 2.05) is 23.9 Å². The van der Waals surface area contributed by atoms with Crippen molar-refractivity contribution in [3.63, 3.8) is 0 Å². The van der Waals surface area contributed by atoms with Gasteiger partial charge in [-0.2, -0.15) is 5.10 Å². The summed E-state index contributed by atoms with van der Waals surface area (Å²) in [5.41, 5.74) is 2.17. The third-order valence-electron chi connectivity index (χ3n) is 4.42. The van der Waals surface area contributed by atoms with Gasteiger partial charge >= 0.3 is 6.03 Å². The first-order valence-electron chi connectivity index (χ1n) is 8.19. The molecule has 0 unspecified atom stereocenters. The van der Waals surface area contributed by atoms with Gasteiger partial charge in [0, 0.05) is 31.4 Å². The molecule has 0 radical (unpaired) electrons. The summed E-state index contributed by atoms with van der Waals surface area (Å²) in [7, 11) is 1.95. The van der Waals surface area contributed by atoms with Crippen LogP contribution in [0.5, 0.6) is 0 Å². The van der Waals surface area contributed by atoms with Crippen molar-refractivity contribution < 1.29 is 4.79 Å². The van der Waals surface area contributed by atoms with Crippen LogP contribution in [0.1, 0.15) is 37.8 Å². The minimum Gasteiger partial charge on any atom is -0.338 e. The molecular formula is C17H24N4O. The van der Waals surface area contributed by atoms with Gasteiger partial charge in [-0.3, -0.25) is 4.68 Å². The lowest BCUT2D eigenvalue weighted by molar-refractivity contribution is 0.233. The van der Waals surface area contributed by atoms with Crippen LogP contribution in [0.15, 0.2) is 24.3 Å².